The van der Waals surface area contributed by atoms with Gasteiger partial charge in [-0.3, -0.25) is 0 Å². The lowest BCUT2D eigenvalue weighted by Crippen LogP contribution is -2.67. The minimum absolute atomic E-state index is 0.131. The maximum Gasteiger partial charge on any atom is 0.187 e. The number of hydrogen-bond acceptors (Lipinski definition) is 19. The number of hydrogen-bond donors (Lipinski definition) is 11. The van der Waals surface area contributed by atoms with Crippen LogP contribution in [0.1, 0.15) is 85.5 Å². The van der Waals surface area contributed by atoms with Gasteiger partial charge >= 0.3 is 0 Å². The highest BCUT2D eigenvalue weighted by Crippen LogP contribution is 2.71. The molecule has 0 aromatic rings. The Bertz CT molecular complexity index is 1600. The fraction of sp³-hybridized carbons (Fsp3) is 1.00. The van der Waals surface area contributed by atoms with Crippen LogP contribution in [0.4, 0.5) is 0 Å². The van der Waals surface area contributed by atoms with E-state index in [0.29, 0.717) is 48.3 Å². The second-order valence-corrected chi connectivity index (χ2v) is 21.7. The summed E-state index contributed by atoms with van der Waals surface area (Å²) >= 11 is 0. The van der Waals surface area contributed by atoms with Crippen LogP contribution in [0.5, 0.6) is 0 Å². The summed E-state index contributed by atoms with van der Waals surface area (Å²) in [4.78, 5) is 0. The molecule has 368 valence electrons. The lowest BCUT2D eigenvalue weighted by Gasteiger charge is -2.62. The molecule has 19 nitrogen and oxygen atoms in total. The van der Waals surface area contributed by atoms with Gasteiger partial charge < -0.3 is 94.1 Å². The number of ether oxygens (including phenoxy) is 8. The van der Waals surface area contributed by atoms with E-state index in [-0.39, 0.29) is 22.9 Å². The van der Waals surface area contributed by atoms with Gasteiger partial charge in [0.05, 0.1) is 44.7 Å². The minimum atomic E-state index is -1.89. The van der Waals surface area contributed by atoms with Crippen molar-refractivity contribution in [2.45, 2.75) is 202 Å². The molecule has 5 heterocycles. The van der Waals surface area contributed by atoms with Crippen molar-refractivity contribution in [2.24, 2.45) is 52.3 Å². The van der Waals surface area contributed by atoms with Gasteiger partial charge in [0.1, 0.15) is 73.2 Å². The lowest BCUT2D eigenvalue weighted by molar-refractivity contribution is -0.393. The third-order valence-corrected chi connectivity index (χ3v) is 18.3. The van der Waals surface area contributed by atoms with E-state index in [1.54, 1.807) is 0 Å². The Kier molecular flexibility index (Phi) is 13.7. The van der Waals surface area contributed by atoms with Crippen molar-refractivity contribution in [2.75, 3.05) is 26.4 Å². The Hall–Kier alpha value is -0.760. The molecule has 4 saturated carbocycles. The van der Waals surface area contributed by atoms with E-state index in [1.807, 2.05) is 0 Å². The zero-order valence-corrected chi connectivity index (χ0v) is 37.3. The van der Waals surface area contributed by atoms with Crippen molar-refractivity contribution in [1.29, 1.82) is 0 Å². The first-order valence-electron chi connectivity index (χ1n) is 23.9. The highest BCUT2D eigenvalue weighted by atomic mass is 16.8. The molecule has 0 unspecified atom stereocenters. The van der Waals surface area contributed by atoms with Gasteiger partial charge in [0, 0.05) is 12.3 Å². The van der Waals surface area contributed by atoms with Gasteiger partial charge in [-0.05, 0) is 97.7 Å². The predicted molar refractivity (Wildman–Crippen MR) is 217 cm³/mol. The highest BCUT2D eigenvalue weighted by Gasteiger charge is 2.70. The Morgan fingerprint density at radius 1 is 0.578 bits per heavy atom. The van der Waals surface area contributed by atoms with E-state index in [4.69, 9.17) is 37.9 Å². The van der Waals surface area contributed by atoms with E-state index in [2.05, 4.69) is 27.7 Å². The van der Waals surface area contributed by atoms with Crippen LogP contribution in [-0.4, -0.2) is 199 Å². The Morgan fingerprint density at radius 3 is 1.78 bits per heavy atom. The van der Waals surface area contributed by atoms with Crippen LogP contribution in [0.3, 0.4) is 0 Å². The maximum atomic E-state index is 12.1. The van der Waals surface area contributed by atoms with Gasteiger partial charge in [-0.25, -0.2) is 0 Å². The molecule has 9 fully saturated rings. The minimum Gasteiger partial charge on any atom is -0.394 e. The monoisotopic (exact) mass is 918 g/mol. The SMILES string of the molecule is C[C@@H]1CC[C@@]2(OC1)O[C@H]1C[C@H]3[C@@H]4CC[C@@H]5C[C@@H](O[C@@H]6O[C@H](CO)[C@H](O[C@@H]7O[C@H](CO)[C@@H](O)[C@H](O)[C@H]7O)[C@H](O)[C@H]6O[C@@H]6O[C@H](CO)[C@@H](O)[C@H](O)[C@H]6O)[C@@H](O)C[C@]5(C)[C@H]4CC[C@]3(C)[C@H]1[C@@H]2C. The van der Waals surface area contributed by atoms with Crippen LogP contribution in [0.2, 0.25) is 0 Å². The van der Waals surface area contributed by atoms with Crippen LogP contribution in [0.15, 0.2) is 0 Å². The molecule has 0 bridgehead atoms. The molecule has 0 aromatic heterocycles. The normalized spacial score (nSPS) is 58.6. The average molecular weight is 919 g/mol. The van der Waals surface area contributed by atoms with Gasteiger partial charge in [-0.15, -0.1) is 0 Å². The average Bonchev–Trinajstić information content (AvgIpc) is 3.72. The molecular weight excluding hydrogens is 844 g/mol. The van der Waals surface area contributed by atoms with Crippen LogP contribution in [0.25, 0.3) is 0 Å². The second-order valence-electron chi connectivity index (χ2n) is 21.7. The molecule has 0 amide bonds. The predicted octanol–water partition coefficient (Wildman–Crippen LogP) is -1.76. The molecule has 4 aliphatic carbocycles. The van der Waals surface area contributed by atoms with Crippen LogP contribution in [0, 0.1) is 52.3 Å². The third-order valence-electron chi connectivity index (χ3n) is 18.3. The number of rotatable bonds is 9. The van der Waals surface area contributed by atoms with Gasteiger partial charge in [0.2, 0.25) is 0 Å². The zero-order valence-electron chi connectivity index (χ0n) is 37.3. The first-order chi connectivity index (χ1) is 30.4. The Labute approximate surface area is 373 Å². The molecule has 0 radical (unpaired) electrons. The summed E-state index contributed by atoms with van der Waals surface area (Å²) < 4.78 is 49.4. The number of aliphatic hydroxyl groups is 11. The van der Waals surface area contributed by atoms with Crippen molar-refractivity contribution in [3.05, 3.63) is 0 Å². The molecule has 1 spiro atoms. The fourth-order valence-electron chi connectivity index (χ4n) is 14.7. The number of aliphatic hydroxyl groups excluding tert-OH is 11. The summed E-state index contributed by atoms with van der Waals surface area (Å²) in [7, 11) is 0. The fourth-order valence-corrected chi connectivity index (χ4v) is 14.7. The lowest BCUT2D eigenvalue weighted by atomic mass is 9.44. The summed E-state index contributed by atoms with van der Waals surface area (Å²) in [5.41, 5.74) is -0.0687. The van der Waals surface area contributed by atoms with E-state index >= 15 is 0 Å². The largest absolute Gasteiger partial charge is 0.394 e. The van der Waals surface area contributed by atoms with Crippen LogP contribution >= 0.6 is 0 Å². The van der Waals surface area contributed by atoms with Gasteiger partial charge in [-0.2, -0.15) is 0 Å². The van der Waals surface area contributed by atoms with Gasteiger partial charge in [0.25, 0.3) is 0 Å². The molecule has 28 atom stereocenters. The zero-order chi connectivity index (χ0) is 45.8. The molecule has 19 heteroatoms. The van der Waals surface area contributed by atoms with E-state index < -0.39 is 130 Å². The van der Waals surface area contributed by atoms with Crippen molar-refractivity contribution in [1.82, 2.24) is 0 Å². The van der Waals surface area contributed by atoms with Gasteiger partial charge in [-0.1, -0.05) is 27.7 Å². The highest BCUT2D eigenvalue weighted by molar-refractivity contribution is 5.16. The topological polar surface area (TPSA) is 296 Å². The van der Waals surface area contributed by atoms with Crippen LogP contribution < -0.4 is 0 Å². The van der Waals surface area contributed by atoms with Crippen molar-refractivity contribution >= 4 is 0 Å². The standard InChI is InChI=1S/C45H74O19/c1-18-7-10-45(57-17-18)19(2)30-26(64-45)12-23-21-6-5-20-11-25(24(49)13-44(20,4)22(21)8-9-43(23,30)3)58-42-39(63-41-36(55)34(53)32(51)28(15-47)60-41)37(56)38(29(16-48)61-42)62-40-35(54)33(52)31(50)27(14-46)59-40/h18-42,46-56H,5-17H2,1-4H3/t18-,19+,20-,21-,22+,23+,24+,25-,26+,27-,28-,29-,30+,31-,32-,33+,34+,35-,36-,37+,38+,39-,40+,41+,42-,43+,44+,45-/m1/s1. The quantitative estimate of drug-likeness (QED) is 0.114. The van der Waals surface area contributed by atoms with Gasteiger partial charge in [0.15, 0.2) is 24.7 Å². The second kappa shape index (κ2) is 18.2. The van der Waals surface area contributed by atoms with E-state index in [1.165, 1.54) is 0 Å². The number of fused-ring (bicyclic) bond motifs is 7. The molecule has 64 heavy (non-hydrogen) atoms. The molecular formula is C45H74O19. The van der Waals surface area contributed by atoms with Crippen molar-refractivity contribution < 1.29 is 94.1 Å². The maximum absolute atomic E-state index is 12.1. The van der Waals surface area contributed by atoms with E-state index in [9.17, 15) is 56.2 Å². The molecule has 0 aromatic carbocycles. The Balaban J connectivity index is 0.921. The molecule has 5 aliphatic heterocycles. The molecule has 9 rings (SSSR count). The summed E-state index contributed by atoms with van der Waals surface area (Å²) in [5, 5.41) is 118. The summed E-state index contributed by atoms with van der Waals surface area (Å²) in [6.45, 7) is 7.84. The molecule has 9 aliphatic rings. The van der Waals surface area contributed by atoms with E-state index in [0.717, 1.165) is 51.6 Å². The smallest absolute Gasteiger partial charge is 0.187 e. The summed E-state index contributed by atoms with van der Waals surface area (Å²) in [6.07, 6.45) is -18.8. The molecule has 5 saturated heterocycles. The summed E-state index contributed by atoms with van der Waals surface area (Å²) in [6, 6.07) is 0. The molecule has 11 N–H and O–H groups in total. The van der Waals surface area contributed by atoms with Crippen molar-refractivity contribution in [3.63, 3.8) is 0 Å². The first kappa shape index (κ1) is 48.3. The van der Waals surface area contributed by atoms with Crippen molar-refractivity contribution in [3.8, 4) is 0 Å². The Morgan fingerprint density at radius 2 is 1.19 bits per heavy atom. The summed E-state index contributed by atoms with van der Waals surface area (Å²) in [5.74, 6) is 2.32. The van der Waals surface area contributed by atoms with Crippen LogP contribution in [-0.2, 0) is 37.9 Å². The third kappa shape index (κ3) is 7.85. The first-order valence-corrected chi connectivity index (χ1v) is 23.9.